The summed E-state index contributed by atoms with van der Waals surface area (Å²) in [5.41, 5.74) is 3.81. The number of nitrogens with zero attached hydrogens (tertiary/aromatic N) is 2. The van der Waals surface area contributed by atoms with Gasteiger partial charge in [-0.2, -0.15) is 0 Å². The molecular weight excluding hydrogens is 356 g/mol. The van der Waals surface area contributed by atoms with Crippen molar-refractivity contribution >= 4 is 11.4 Å². The number of anilines is 2. The van der Waals surface area contributed by atoms with Gasteiger partial charge in [0.15, 0.2) is 0 Å². The van der Waals surface area contributed by atoms with Gasteiger partial charge in [-0.3, -0.25) is 0 Å². The van der Waals surface area contributed by atoms with Crippen molar-refractivity contribution in [1.82, 2.24) is 0 Å². The van der Waals surface area contributed by atoms with E-state index in [9.17, 15) is 5.11 Å². The van der Waals surface area contributed by atoms with Crippen LogP contribution < -0.4 is 9.80 Å². The Balaban J connectivity index is 1.74. The molecule has 0 aliphatic carbocycles. The van der Waals surface area contributed by atoms with E-state index in [2.05, 4.69) is 46.2 Å². The van der Waals surface area contributed by atoms with Crippen molar-refractivity contribution in [3.63, 3.8) is 0 Å². The lowest BCUT2D eigenvalue weighted by atomic mass is 9.80. The predicted octanol–water partition coefficient (Wildman–Crippen LogP) is 5.03. The molecule has 0 amide bonds. The van der Waals surface area contributed by atoms with Crippen LogP contribution in [0.2, 0.25) is 0 Å². The molecule has 1 fully saturated rings. The molecule has 1 aliphatic heterocycles. The topological polar surface area (TPSA) is 26.7 Å². The molecule has 1 aliphatic rings. The quantitative estimate of drug-likeness (QED) is 0.623. The van der Waals surface area contributed by atoms with Crippen molar-refractivity contribution < 1.29 is 5.11 Å². The van der Waals surface area contributed by atoms with Gasteiger partial charge >= 0.3 is 0 Å². The van der Waals surface area contributed by atoms with Crippen molar-refractivity contribution in [3.8, 4) is 0 Å². The highest BCUT2D eigenvalue weighted by Gasteiger charge is 2.33. The van der Waals surface area contributed by atoms with Crippen LogP contribution in [0.5, 0.6) is 0 Å². The van der Waals surface area contributed by atoms with Gasteiger partial charge in [-0.1, -0.05) is 54.6 Å². The normalized spacial score (nSPS) is 16.3. The molecule has 1 N–H and O–H groups in total. The zero-order valence-corrected chi connectivity index (χ0v) is 17.4. The van der Waals surface area contributed by atoms with Gasteiger partial charge in [0.05, 0.1) is 0 Å². The van der Waals surface area contributed by atoms with Crippen molar-refractivity contribution in [2.75, 3.05) is 37.0 Å². The van der Waals surface area contributed by atoms with E-state index in [-0.39, 0.29) is 0 Å². The second kappa shape index (κ2) is 8.30. The molecule has 0 saturated carbocycles. The smallest absolute Gasteiger partial charge is 0.140 e. The highest BCUT2D eigenvalue weighted by Crippen LogP contribution is 2.38. The molecule has 4 rings (SSSR count). The van der Waals surface area contributed by atoms with E-state index in [0.717, 1.165) is 35.5 Å². The third-order valence-corrected chi connectivity index (χ3v) is 6.00. The first-order chi connectivity index (χ1) is 14.1. The van der Waals surface area contributed by atoms with E-state index in [1.165, 1.54) is 24.9 Å². The summed E-state index contributed by atoms with van der Waals surface area (Å²) < 4.78 is 0. The second-order valence-corrected chi connectivity index (χ2v) is 8.11. The van der Waals surface area contributed by atoms with Gasteiger partial charge < -0.3 is 14.9 Å². The molecule has 3 nitrogen and oxygen atoms in total. The number of benzene rings is 3. The zero-order valence-electron chi connectivity index (χ0n) is 17.4. The largest absolute Gasteiger partial charge is 0.378 e. The van der Waals surface area contributed by atoms with Crippen LogP contribution in [-0.4, -0.2) is 32.3 Å². The highest BCUT2D eigenvalue weighted by molar-refractivity contribution is 5.55. The predicted molar refractivity (Wildman–Crippen MR) is 122 cm³/mol. The maximum absolute atomic E-state index is 12.0. The van der Waals surface area contributed by atoms with E-state index in [1.807, 2.05) is 56.6 Å². The van der Waals surface area contributed by atoms with Gasteiger partial charge in [-0.05, 0) is 60.2 Å². The first-order valence-corrected chi connectivity index (χ1v) is 10.5. The van der Waals surface area contributed by atoms with Crippen molar-refractivity contribution in [2.24, 2.45) is 0 Å². The molecule has 0 bridgehead atoms. The van der Waals surface area contributed by atoms with Crippen LogP contribution >= 0.6 is 0 Å². The lowest BCUT2D eigenvalue weighted by Gasteiger charge is -2.32. The van der Waals surface area contributed by atoms with Crippen molar-refractivity contribution in [1.29, 1.82) is 0 Å². The van der Waals surface area contributed by atoms with Crippen molar-refractivity contribution in [3.05, 3.63) is 95.6 Å². The van der Waals surface area contributed by atoms with Gasteiger partial charge in [0, 0.05) is 38.6 Å². The molecule has 29 heavy (non-hydrogen) atoms. The lowest BCUT2D eigenvalue weighted by molar-refractivity contribution is 0.126. The van der Waals surface area contributed by atoms with Gasteiger partial charge in [0.1, 0.15) is 5.60 Å². The van der Waals surface area contributed by atoms with E-state index in [4.69, 9.17) is 0 Å². The maximum atomic E-state index is 12.0. The van der Waals surface area contributed by atoms with Crippen LogP contribution in [0.1, 0.15) is 36.0 Å². The first-order valence-electron chi connectivity index (χ1n) is 10.5. The molecule has 3 aromatic carbocycles. The fraction of sp³-hybridized carbons (Fsp3) is 0.308. The summed E-state index contributed by atoms with van der Waals surface area (Å²) in [4.78, 5) is 4.51. The Labute approximate surface area is 174 Å². The first kappa shape index (κ1) is 19.5. The molecule has 0 radical (unpaired) electrons. The summed E-state index contributed by atoms with van der Waals surface area (Å²) in [6, 6.07) is 26.6. The minimum absolute atomic E-state index is 0.875. The van der Waals surface area contributed by atoms with Gasteiger partial charge in [-0.25, -0.2) is 0 Å². The molecule has 150 valence electrons. The van der Waals surface area contributed by atoms with Gasteiger partial charge in [0.2, 0.25) is 0 Å². The number of hydrogen-bond acceptors (Lipinski definition) is 3. The molecule has 1 saturated heterocycles. The summed E-state index contributed by atoms with van der Waals surface area (Å²) >= 11 is 0. The van der Waals surface area contributed by atoms with E-state index < -0.39 is 5.60 Å². The Bertz CT molecular complexity index is 913. The third kappa shape index (κ3) is 3.88. The van der Waals surface area contributed by atoms with E-state index >= 15 is 0 Å². The Morgan fingerprint density at radius 1 is 0.690 bits per heavy atom. The molecule has 1 heterocycles. The average molecular weight is 387 g/mol. The monoisotopic (exact) mass is 386 g/mol. The molecule has 3 heteroatoms. The van der Waals surface area contributed by atoms with Crippen LogP contribution in [0.15, 0.2) is 78.9 Å². The van der Waals surface area contributed by atoms with Crippen LogP contribution in [0.4, 0.5) is 11.4 Å². The SMILES string of the molecule is CN(C)c1ccc(C(O)(c2ccccc2)c2ccc(N3CCCCC3)cc2)cc1. The van der Waals surface area contributed by atoms with E-state index in [1.54, 1.807) is 0 Å². The average Bonchev–Trinajstić information content (AvgIpc) is 2.80. The standard InChI is InChI=1S/C26H30N2O/c1-27(2)24-15-11-22(12-16-24)26(29,21-9-5-3-6-10-21)23-13-17-25(18-14-23)28-19-7-4-8-20-28/h3,5-6,9-18,29H,4,7-8,19-20H2,1-2H3. The Hall–Kier alpha value is -2.78. The van der Waals surface area contributed by atoms with Crippen LogP contribution in [-0.2, 0) is 5.60 Å². The summed E-state index contributed by atoms with van der Waals surface area (Å²) in [6.45, 7) is 2.24. The number of rotatable bonds is 5. The summed E-state index contributed by atoms with van der Waals surface area (Å²) in [5, 5.41) is 12.0. The molecule has 0 aromatic heterocycles. The highest BCUT2D eigenvalue weighted by atomic mass is 16.3. The van der Waals surface area contributed by atoms with Crippen LogP contribution in [0, 0.1) is 0 Å². The molecule has 3 aromatic rings. The Morgan fingerprint density at radius 2 is 1.21 bits per heavy atom. The van der Waals surface area contributed by atoms with Crippen LogP contribution in [0.3, 0.4) is 0 Å². The van der Waals surface area contributed by atoms with Gasteiger partial charge in [0.25, 0.3) is 0 Å². The summed E-state index contributed by atoms with van der Waals surface area (Å²) in [6.07, 6.45) is 3.84. The molecular formula is C26H30N2O. The van der Waals surface area contributed by atoms with Crippen LogP contribution in [0.25, 0.3) is 0 Å². The summed E-state index contributed by atoms with van der Waals surface area (Å²) in [5.74, 6) is 0. The Kier molecular flexibility index (Phi) is 5.59. The maximum Gasteiger partial charge on any atom is 0.140 e. The fourth-order valence-electron chi connectivity index (χ4n) is 4.25. The lowest BCUT2D eigenvalue weighted by Crippen LogP contribution is -2.30. The fourth-order valence-corrected chi connectivity index (χ4v) is 4.25. The number of aliphatic hydroxyl groups is 1. The second-order valence-electron chi connectivity index (χ2n) is 8.11. The zero-order chi connectivity index (χ0) is 20.3. The molecule has 1 atom stereocenters. The summed E-state index contributed by atoms with van der Waals surface area (Å²) in [7, 11) is 4.05. The third-order valence-electron chi connectivity index (χ3n) is 6.00. The minimum Gasteiger partial charge on any atom is -0.378 e. The van der Waals surface area contributed by atoms with Gasteiger partial charge in [-0.15, -0.1) is 0 Å². The number of piperidine rings is 1. The van der Waals surface area contributed by atoms with Crippen molar-refractivity contribution in [2.45, 2.75) is 24.9 Å². The minimum atomic E-state index is -1.19. The number of hydrogen-bond donors (Lipinski definition) is 1. The molecule has 1 unspecified atom stereocenters. The Morgan fingerprint density at radius 3 is 1.76 bits per heavy atom. The molecule has 0 spiro atoms. The van der Waals surface area contributed by atoms with E-state index in [0.29, 0.717) is 0 Å².